The Hall–Kier alpha value is -3.71. The molecule has 1 saturated heterocycles. The monoisotopic (exact) mass is 498 g/mol. The number of nitrogens with zero attached hydrogens (tertiary/aromatic N) is 3. The molecule has 3 aromatic rings. The van der Waals surface area contributed by atoms with E-state index in [4.69, 9.17) is 4.74 Å². The Morgan fingerprint density at radius 3 is 2.73 bits per heavy atom. The fraction of sp³-hybridized carbons (Fsp3) is 0.367. The van der Waals surface area contributed by atoms with Gasteiger partial charge in [-0.2, -0.15) is 0 Å². The number of pyridine rings is 1. The zero-order valence-electron chi connectivity index (χ0n) is 21.5. The summed E-state index contributed by atoms with van der Waals surface area (Å²) in [6, 6.07) is 18.2. The summed E-state index contributed by atoms with van der Waals surface area (Å²) >= 11 is 0. The minimum absolute atomic E-state index is 0.0769. The number of amides is 2. The van der Waals surface area contributed by atoms with Crippen molar-refractivity contribution in [1.82, 2.24) is 15.2 Å². The van der Waals surface area contributed by atoms with Gasteiger partial charge in [0.1, 0.15) is 5.75 Å². The van der Waals surface area contributed by atoms with Crippen molar-refractivity contribution in [2.24, 2.45) is 0 Å². The van der Waals surface area contributed by atoms with Crippen LogP contribution in [-0.4, -0.2) is 48.4 Å². The number of carbonyl (C=O) groups excluding carboxylic acids is 2. The second-order valence-electron chi connectivity index (χ2n) is 9.86. The highest BCUT2D eigenvalue weighted by atomic mass is 16.5. The molecule has 37 heavy (non-hydrogen) atoms. The van der Waals surface area contributed by atoms with Gasteiger partial charge in [0.15, 0.2) is 0 Å². The Morgan fingerprint density at radius 2 is 1.97 bits per heavy atom. The number of piperidine rings is 1. The smallest absolute Gasteiger partial charge is 0.227 e. The highest BCUT2D eigenvalue weighted by molar-refractivity contribution is 5.96. The number of likely N-dealkylation sites (tertiary alicyclic amines) is 1. The third-order valence-corrected chi connectivity index (χ3v) is 7.55. The van der Waals surface area contributed by atoms with Crippen molar-refractivity contribution in [2.45, 2.75) is 50.7 Å². The Morgan fingerprint density at radius 1 is 1.14 bits per heavy atom. The first kappa shape index (κ1) is 25.0. The fourth-order valence-corrected chi connectivity index (χ4v) is 5.61. The van der Waals surface area contributed by atoms with E-state index in [1.807, 2.05) is 42.3 Å². The van der Waals surface area contributed by atoms with Gasteiger partial charge in [0.05, 0.1) is 19.6 Å². The van der Waals surface area contributed by atoms with Crippen molar-refractivity contribution >= 4 is 17.5 Å². The highest BCUT2D eigenvalue weighted by Crippen LogP contribution is 2.35. The number of benzene rings is 2. The molecule has 2 atom stereocenters. The Balaban J connectivity index is 1.40. The molecule has 1 N–H and O–H groups in total. The Labute approximate surface area is 218 Å². The van der Waals surface area contributed by atoms with Gasteiger partial charge in [-0.1, -0.05) is 36.4 Å². The molecule has 0 radical (unpaired) electrons. The molecule has 0 unspecified atom stereocenters. The average Bonchev–Trinajstić information content (AvgIpc) is 2.94. The zero-order valence-corrected chi connectivity index (χ0v) is 21.5. The molecule has 3 heterocycles. The number of methoxy groups -OCH3 is 1. The molecular formula is C30H34N4O3. The number of aryl methyl sites for hydroxylation is 1. The molecule has 2 amide bonds. The summed E-state index contributed by atoms with van der Waals surface area (Å²) in [5.74, 6) is 1.07. The largest absolute Gasteiger partial charge is 0.496 e. The molecule has 2 aliphatic heterocycles. The van der Waals surface area contributed by atoms with E-state index in [9.17, 15) is 9.59 Å². The van der Waals surface area contributed by atoms with Crippen LogP contribution in [0.2, 0.25) is 0 Å². The molecule has 0 aliphatic carbocycles. The van der Waals surface area contributed by atoms with E-state index in [0.717, 1.165) is 59.5 Å². The fourth-order valence-electron chi connectivity index (χ4n) is 5.61. The molecule has 0 spiro atoms. The van der Waals surface area contributed by atoms with E-state index in [2.05, 4.69) is 34.6 Å². The highest BCUT2D eigenvalue weighted by Gasteiger charge is 2.35. The molecule has 7 heteroatoms. The van der Waals surface area contributed by atoms with Crippen LogP contribution in [0.4, 0.5) is 5.69 Å². The van der Waals surface area contributed by atoms with Crippen molar-refractivity contribution < 1.29 is 14.3 Å². The summed E-state index contributed by atoms with van der Waals surface area (Å²) in [6.45, 7) is 1.31. The van der Waals surface area contributed by atoms with Crippen LogP contribution in [0.5, 0.6) is 5.75 Å². The lowest BCUT2D eigenvalue weighted by atomic mass is 9.89. The number of fused-ring (bicyclic) bond motifs is 1. The normalized spacial score (nSPS) is 19.5. The van der Waals surface area contributed by atoms with Crippen molar-refractivity contribution in [2.75, 3.05) is 25.6 Å². The standard InChI is InChI=1S/C30H34N4O3/c1-33-26-17-24(27(37-2)18-23(26)12-13-28(33)35)20-32-25-11-7-15-34(30(25)22-9-4-3-5-10-22)29(36)16-21-8-6-14-31-19-21/h3-6,8-10,14,17-19,25,30,32H,7,11-13,15-16,20H2,1-2H3/t25-,30-/m0/s1. The summed E-state index contributed by atoms with van der Waals surface area (Å²) in [5, 5.41) is 3.75. The van der Waals surface area contributed by atoms with Crippen molar-refractivity contribution in [1.29, 1.82) is 0 Å². The lowest BCUT2D eigenvalue weighted by Gasteiger charge is -2.42. The van der Waals surface area contributed by atoms with E-state index in [1.54, 1.807) is 24.4 Å². The lowest BCUT2D eigenvalue weighted by Crippen LogP contribution is -2.50. The van der Waals surface area contributed by atoms with Gasteiger partial charge in [0.25, 0.3) is 0 Å². The van der Waals surface area contributed by atoms with E-state index in [1.165, 1.54) is 0 Å². The molecular weight excluding hydrogens is 464 g/mol. The number of aromatic nitrogens is 1. The van der Waals surface area contributed by atoms with Crippen LogP contribution in [0, 0.1) is 0 Å². The molecule has 0 bridgehead atoms. The topological polar surface area (TPSA) is 74.8 Å². The first-order valence-electron chi connectivity index (χ1n) is 13.0. The molecule has 2 aromatic carbocycles. The number of anilines is 1. The van der Waals surface area contributed by atoms with E-state index in [0.29, 0.717) is 19.4 Å². The third-order valence-electron chi connectivity index (χ3n) is 7.55. The van der Waals surface area contributed by atoms with Crippen LogP contribution in [0.1, 0.15) is 47.6 Å². The summed E-state index contributed by atoms with van der Waals surface area (Å²) in [5.41, 5.74) is 5.14. The van der Waals surface area contributed by atoms with Crippen LogP contribution in [0.15, 0.2) is 67.0 Å². The first-order chi connectivity index (χ1) is 18.0. The lowest BCUT2D eigenvalue weighted by molar-refractivity contribution is -0.135. The van der Waals surface area contributed by atoms with Crippen LogP contribution in [0.3, 0.4) is 0 Å². The average molecular weight is 499 g/mol. The van der Waals surface area contributed by atoms with Gasteiger partial charge in [-0.3, -0.25) is 14.6 Å². The third kappa shape index (κ3) is 5.37. The molecule has 1 aromatic heterocycles. The predicted molar refractivity (Wildman–Crippen MR) is 143 cm³/mol. The SMILES string of the molecule is COc1cc2c(cc1CN[C@H]1CCCN(C(=O)Cc3cccnc3)[C@H]1c1ccccc1)N(C)C(=O)CC2. The number of nitrogens with one attached hydrogen (secondary N) is 1. The van der Waals surface area contributed by atoms with E-state index in [-0.39, 0.29) is 23.9 Å². The van der Waals surface area contributed by atoms with Gasteiger partial charge in [0.2, 0.25) is 11.8 Å². The van der Waals surface area contributed by atoms with Crippen molar-refractivity contribution in [3.63, 3.8) is 0 Å². The van der Waals surface area contributed by atoms with Crippen LogP contribution >= 0.6 is 0 Å². The van der Waals surface area contributed by atoms with Crippen molar-refractivity contribution in [3.8, 4) is 5.75 Å². The Kier molecular flexibility index (Phi) is 7.51. The van der Waals surface area contributed by atoms with Crippen LogP contribution < -0.4 is 15.0 Å². The quantitative estimate of drug-likeness (QED) is 0.532. The maximum Gasteiger partial charge on any atom is 0.227 e. The molecule has 5 rings (SSSR count). The maximum atomic E-state index is 13.5. The Bertz CT molecular complexity index is 1250. The number of rotatable bonds is 7. The molecule has 2 aliphatic rings. The van der Waals surface area contributed by atoms with E-state index >= 15 is 0 Å². The molecule has 192 valence electrons. The minimum atomic E-state index is -0.0769. The summed E-state index contributed by atoms with van der Waals surface area (Å²) < 4.78 is 5.74. The summed E-state index contributed by atoms with van der Waals surface area (Å²) in [6.07, 6.45) is 6.97. The predicted octanol–water partition coefficient (Wildman–Crippen LogP) is 4.06. The van der Waals surface area contributed by atoms with Crippen molar-refractivity contribution in [3.05, 3.63) is 89.2 Å². The number of ether oxygens (including phenoxy) is 1. The first-order valence-corrected chi connectivity index (χ1v) is 13.0. The summed E-state index contributed by atoms with van der Waals surface area (Å²) in [4.78, 5) is 33.8. The van der Waals surface area contributed by atoms with E-state index < -0.39 is 0 Å². The van der Waals surface area contributed by atoms with Gasteiger partial charge in [-0.15, -0.1) is 0 Å². The zero-order chi connectivity index (χ0) is 25.8. The van der Waals surface area contributed by atoms with Crippen LogP contribution in [-0.2, 0) is 29.0 Å². The number of hydrogen-bond donors (Lipinski definition) is 1. The van der Waals surface area contributed by atoms with Gasteiger partial charge in [-0.05, 0) is 54.2 Å². The molecule has 7 nitrogen and oxygen atoms in total. The second kappa shape index (κ2) is 11.1. The molecule has 0 saturated carbocycles. The van der Waals surface area contributed by atoms with Gasteiger partial charge in [-0.25, -0.2) is 0 Å². The van der Waals surface area contributed by atoms with Crippen LogP contribution in [0.25, 0.3) is 0 Å². The minimum Gasteiger partial charge on any atom is -0.496 e. The maximum absolute atomic E-state index is 13.5. The second-order valence-corrected chi connectivity index (χ2v) is 9.86. The summed E-state index contributed by atoms with van der Waals surface area (Å²) in [7, 11) is 3.53. The number of hydrogen-bond acceptors (Lipinski definition) is 5. The van der Waals surface area contributed by atoms with Gasteiger partial charge in [0, 0.05) is 56.2 Å². The van der Waals surface area contributed by atoms with Gasteiger partial charge < -0.3 is 19.9 Å². The van der Waals surface area contributed by atoms with Gasteiger partial charge >= 0.3 is 0 Å². The number of carbonyl (C=O) groups is 2. The molecule has 1 fully saturated rings.